The molecule has 2 atom stereocenters. The second kappa shape index (κ2) is 7.96. The van der Waals surface area contributed by atoms with Crippen LogP contribution in [0.25, 0.3) is 0 Å². The van der Waals surface area contributed by atoms with Crippen molar-refractivity contribution in [2.24, 2.45) is 16.0 Å². The van der Waals surface area contributed by atoms with Crippen molar-refractivity contribution in [1.29, 1.82) is 0 Å². The first-order valence-electron chi connectivity index (χ1n) is 9.47. The maximum atomic E-state index is 12.9. The fraction of sp³-hybridized carbons (Fsp3) is 0.429. The number of hydrazone groups is 1. The highest BCUT2D eigenvalue weighted by molar-refractivity contribution is 6.10. The van der Waals surface area contributed by atoms with Crippen LogP contribution in [-0.2, 0) is 9.59 Å². The van der Waals surface area contributed by atoms with Gasteiger partial charge in [-0.25, -0.2) is 5.01 Å². The second-order valence-corrected chi connectivity index (χ2v) is 7.48. The highest BCUT2D eigenvalue weighted by atomic mass is 16.2. The molecule has 0 radical (unpaired) electrons. The molecule has 0 fully saturated rings. The predicted molar refractivity (Wildman–Crippen MR) is 111 cm³/mol. The lowest BCUT2D eigenvalue weighted by molar-refractivity contribution is -0.126. The van der Waals surface area contributed by atoms with Gasteiger partial charge in [-0.1, -0.05) is 13.0 Å². The quantitative estimate of drug-likeness (QED) is 0.714. The van der Waals surface area contributed by atoms with Crippen molar-refractivity contribution in [2.45, 2.75) is 33.7 Å². The number of dihydropyridines is 1. The summed E-state index contributed by atoms with van der Waals surface area (Å²) in [5, 5.41) is 9.88. The summed E-state index contributed by atoms with van der Waals surface area (Å²) < 4.78 is 0. The third-order valence-electron chi connectivity index (χ3n) is 5.34. The highest BCUT2D eigenvalue weighted by Crippen LogP contribution is 2.28. The van der Waals surface area contributed by atoms with Crippen LogP contribution in [0, 0.1) is 5.92 Å². The Hall–Kier alpha value is -2.96. The van der Waals surface area contributed by atoms with Gasteiger partial charge in [0.15, 0.2) is 5.78 Å². The number of amides is 1. The van der Waals surface area contributed by atoms with E-state index in [-0.39, 0.29) is 17.7 Å². The van der Waals surface area contributed by atoms with Crippen LogP contribution in [0.5, 0.6) is 0 Å². The third-order valence-corrected chi connectivity index (χ3v) is 5.34. The fourth-order valence-corrected chi connectivity index (χ4v) is 3.72. The summed E-state index contributed by atoms with van der Waals surface area (Å²) in [6, 6.07) is -0.130. The van der Waals surface area contributed by atoms with Crippen molar-refractivity contribution in [2.75, 3.05) is 19.6 Å². The molecule has 1 amide bonds. The third kappa shape index (κ3) is 3.69. The molecule has 1 N–H and O–H groups in total. The summed E-state index contributed by atoms with van der Waals surface area (Å²) in [5.41, 5.74) is 3.11. The van der Waals surface area contributed by atoms with Crippen LogP contribution in [0.3, 0.4) is 0 Å². The normalized spacial score (nSPS) is 23.6. The maximum Gasteiger partial charge on any atom is 0.255 e. The highest BCUT2D eigenvalue weighted by Gasteiger charge is 2.35. The van der Waals surface area contributed by atoms with Gasteiger partial charge in [0.25, 0.3) is 5.91 Å². The molecule has 2 unspecified atom stereocenters. The van der Waals surface area contributed by atoms with Crippen LogP contribution >= 0.6 is 0 Å². The Kier molecular flexibility index (Phi) is 5.63. The number of aliphatic imine (C=N–C) groups is 1. The number of ketones is 1. The first kappa shape index (κ1) is 19.8. The molecule has 0 spiro atoms. The van der Waals surface area contributed by atoms with E-state index in [1.807, 2.05) is 25.1 Å². The van der Waals surface area contributed by atoms with E-state index >= 15 is 0 Å². The van der Waals surface area contributed by atoms with Crippen LogP contribution in [0.2, 0.25) is 0 Å². The van der Waals surface area contributed by atoms with Crippen molar-refractivity contribution in [3.63, 3.8) is 0 Å². The van der Waals surface area contributed by atoms with E-state index in [9.17, 15) is 9.59 Å². The number of hydrogen-bond acceptors (Lipinski definition) is 6. The SMILES string of the molecule is C=N/C=C\C1=C(C(C)=O)CN(C(C)C2=CC(C)=C(N3CC(C)C=N3)NC2)C1=O. The van der Waals surface area contributed by atoms with E-state index in [2.05, 4.69) is 35.1 Å². The molecule has 3 aliphatic heterocycles. The van der Waals surface area contributed by atoms with Gasteiger partial charge >= 0.3 is 0 Å². The molecule has 7 nitrogen and oxygen atoms in total. The van der Waals surface area contributed by atoms with Crippen LogP contribution in [0.15, 0.2) is 56.6 Å². The number of hydrogen-bond donors (Lipinski definition) is 1. The van der Waals surface area contributed by atoms with Gasteiger partial charge in [-0.15, -0.1) is 0 Å². The number of carbonyl (C=O) groups excluding carboxylic acids is 2. The average Bonchev–Trinajstić information content (AvgIpc) is 3.22. The number of rotatable bonds is 6. The van der Waals surface area contributed by atoms with Crippen LogP contribution in [-0.4, -0.2) is 60.2 Å². The summed E-state index contributed by atoms with van der Waals surface area (Å²) in [4.78, 5) is 30.3. The van der Waals surface area contributed by atoms with E-state index in [1.165, 1.54) is 13.1 Å². The molecule has 28 heavy (non-hydrogen) atoms. The van der Waals surface area contributed by atoms with Crippen LogP contribution < -0.4 is 5.32 Å². The monoisotopic (exact) mass is 381 g/mol. The van der Waals surface area contributed by atoms with Gasteiger partial charge in [-0.2, -0.15) is 5.10 Å². The summed E-state index contributed by atoms with van der Waals surface area (Å²) in [5.74, 6) is 1.19. The number of nitrogens with zero attached hydrogens (tertiary/aromatic N) is 4. The molecule has 7 heteroatoms. The van der Waals surface area contributed by atoms with Gasteiger partial charge in [-0.3, -0.25) is 14.6 Å². The molecule has 0 saturated carbocycles. The van der Waals surface area contributed by atoms with Crippen molar-refractivity contribution >= 4 is 24.6 Å². The van der Waals surface area contributed by atoms with Gasteiger partial charge in [0.2, 0.25) is 0 Å². The molecule has 0 saturated heterocycles. The molecule has 3 rings (SSSR count). The van der Waals surface area contributed by atoms with E-state index in [0.29, 0.717) is 30.2 Å². The topological polar surface area (TPSA) is 77.4 Å². The van der Waals surface area contributed by atoms with Crippen LogP contribution in [0.4, 0.5) is 0 Å². The smallest absolute Gasteiger partial charge is 0.255 e. The Bertz CT molecular complexity index is 862. The van der Waals surface area contributed by atoms with Crippen LogP contribution in [0.1, 0.15) is 27.7 Å². The van der Waals surface area contributed by atoms with Crippen molar-refractivity contribution in [3.8, 4) is 0 Å². The van der Waals surface area contributed by atoms with E-state index in [4.69, 9.17) is 0 Å². The lowest BCUT2D eigenvalue weighted by Gasteiger charge is -2.32. The van der Waals surface area contributed by atoms with Crippen molar-refractivity contribution in [3.05, 3.63) is 46.5 Å². The number of allylic oxidation sites excluding steroid dienone is 2. The number of nitrogens with one attached hydrogen (secondary N) is 1. The lowest BCUT2D eigenvalue weighted by Crippen LogP contribution is -2.42. The van der Waals surface area contributed by atoms with E-state index < -0.39 is 0 Å². The first-order chi connectivity index (χ1) is 13.3. The zero-order chi connectivity index (χ0) is 20.4. The Labute approximate surface area is 165 Å². The molecule has 0 aromatic rings. The van der Waals surface area contributed by atoms with Gasteiger partial charge in [0, 0.05) is 36.0 Å². The Morgan fingerprint density at radius 2 is 2.25 bits per heavy atom. The minimum absolute atomic E-state index is 0.0955. The Balaban J connectivity index is 1.81. The minimum atomic E-state index is -0.149. The standard InChI is InChI=1S/C21H27N5O2/c1-13-9-24-26(11-13)20-14(2)8-17(10-23-20)15(3)25-12-19(16(4)27)18(21(25)28)6-7-22-5/h6-9,13,15,23H,5,10-12H2,1-4H3/b7-6-. The van der Waals surface area contributed by atoms with Gasteiger partial charge in [-0.05, 0) is 44.7 Å². The van der Waals surface area contributed by atoms with E-state index in [0.717, 1.165) is 23.5 Å². The summed E-state index contributed by atoms with van der Waals surface area (Å²) in [6.45, 7) is 12.9. The molecule has 0 bridgehead atoms. The van der Waals surface area contributed by atoms with Gasteiger partial charge in [0.05, 0.1) is 19.1 Å². The largest absolute Gasteiger partial charge is 0.366 e. The summed E-state index contributed by atoms with van der Waals surface area (Å²) >= 11 is 0. The molecule has 0 aromatic carbocycles. The number of Topliss-reactive ketones (excluding diaryl/α,β-unsaturated/α-hetero) is 1. The molecule has 0 aliphatic carbocycles. The average molecular weight is 381 g/mol. The first-order valence-corrected chi connectivity index (χ1v) is 9.47. The second-order valence-electron chi connectivity index (χ2n) is 7.48. The Morgan fingerprint density at radius 3 is 2.82 bits per heavy atom. The maximum absolute atomic E-state index is 12.9. The summed E-state index contributed by atoms with van der Waals surface area (Å²) in [6.07, 6.45) is 7.09. The van der Waals surface area contributed by atoms with Crippen molar-refractivity contribution < 1.29 is 9.59 Å². The van der Waals surface area contributed by atoms with E-state index in [1.54, 1.807) is 11.0 Å². The molecule has 3 aliphatic rings. The minimum Gasteiger partial charge on any atom is -0.366 e. The molecular weight excluding hydrogens is 354 g/mol. The summed E-state index contributed by atoms with van der Waals surface area (Å²) in [7, 11) is 0. The molecule has 148 valence electrons. The fourth-order valence-electron chi connectivity index (χ4n) is 3.72. The van der Waals surface area contributed by atoms with Gasteiger partial charge < -0.3 is 10.2 Å². The number of carbonyl (C=O) groups is 2. The Morgan fingerprint density at radius 1 is 1.50 bits per heavy atom. The van der Waals surface area contributed by atoms with Gasteiger partial charge in [0.1, 0.15) is 5.82 Å². The zero-order valence-electron chi connectivity index (χ0n) is 16.9. The van der Waals surface area contributed by atoms with Crippen molar-refractivity contribution in [1.82, 2.24) is 15.2 Å². The zero-order valence-corrected chi connectivity index (χ0v) is 16.9. The predicted octanol–water partition coefficient (Wildman–Crippen LogP) is 2.02. The molecular formula is C21H27N5O2. The lowest BCUT2D eigenvalue weighted by atomic mass is 10.0. The molecule has 3 heterocycles. The molecule has 0 aromatic heterocycles.